The van der Waals surface area contributed by atoms with E-state index in [9.17, 15) is 14.0 Å². The quantitative estimate of drug-likeness (QED) is 0.650. The van der Waals surface area contributed by atoms with Gasteiger partial charge in [-0.25, -0.2) is 9.82 Å². The first-order chi connectivity index (χ1) is 10.6. The van der Waals surface area contributed by atoms with Gasteiger partial charge in [0.2, 0.25) is 0 Å². The number of nitrogens with one attached hydrogen (secondary N) is 2. The molecule has 2 aromatic rings. The zero-order valence-electron chi connectivity index (χ0n) is 11.8. The molecule has 0 saturated carbocycles. The smallest absolute Gasteiger partial charge is 0.259 e. The second-order valence-corrected chi connectivity index (χ2v) is 4.40. The molecule has 2 rings (SSSR count). The SMILES string of the molecule is Cc1ccc(/C=N/NC(=O)CNC(=O)c2ccccc2F)o1. The molecule has 0 aliphatic rings. The molecule has 0 radical (unpaired) electrons. The maximum absolute atomic E-state index is 13.4. The van der Waals surface area contributed by atoms with Gasteiger partial charge in [-0.05, 0) is 31.2 Å². The van der Waals surface area contributed by atoms with Crippen molar-refractivity contribution in [1.29, 1.82) is 0 Å². The molecule has 0 fully saturated rings. The van der Waals surface area contributed by atoms with Crippen molar-refractivity contribution in [3.63, 3.8) is 0 Å². The Morgan fingerprint density at radius 1 is 1.27 bits per heavy atom. The van der Waals surface area contributed by atoms with Gasteiger partial charge in [-0.2, -0.15) is 5.10 Å². The number of hydrogen-bond donors (Lipinski definition) is 2. The van der Waals surface area contributed by atoms with Gasteiger partial charge in [-0.15, -0.1) is 0 Å². The molecular formula is C15H14FN3O3. The number of hydrazone groups is 1. The minimum Gasteiger partial charge on any atom is -0.460 e. The zero-order chi connectivity index (χ0) is 15.9. The number of nitrogens with zero attached hydrogens (tertiary/aromatic N) is 1. The number of carbonyl (C=O) groups excluding carboxylic acids is 2. The van der Waals surface area contributed by atoms with Crippen LogP contribution in [-0.4, -0.2) is 24.6 Å². The van der Waals surface area contributed by atoms with Crippen LogP contribution in [0.5, 0.6) is 0 Å². The number of hydrogen-bond acceptors (Lipinski definition) is 4. The van der Waals surface area contributed by atoms with E-state index in [1.807, 2.05) is 0 Å². The number of benzene rings is 1. The lowest BCUT2D eigenvalue weighted by atomic mass is 10.2. The van der Waals surface area contributed by atoms with Crippen LogP contribution in [-0.2, 0) is 4.79 Å². The van der Waals surface area contributed by atoms with E-state index in [0.717, 1.165) is 5.76 Å². The van der Waals surface area contributed by atoms with Crippen molar-refractivity contribution in [3.8, 4) is 0 Å². The van der Waals surface area contributed by atoms with Gasteiger partial charge in [0, 0.05) is 0 Å². The van der Waals surface area contributed by atoms with Gasteiger partial charge in [0.05, 0.1) is 18.3 Å². The lowest BCUT2D eigenvalue weighted by Crippen LogP contribution is -2.35. The number of carbonyl (C=O) groups is 2. The Hall–Kier alpha value is -2.96. The number of aryl methyl sites for hydroxylation is 1. The van der Waals surface area contributed by atoms with Crippen LogP contribution in [0.3, 0.4) is 0 Å². The fourth-order valence-corrected chi connectivity index (χ4v) is 1.63. The van der Waals surface area contributed by atoms with E-state index in [-0.39, 0.29) is 12.1 Å². The van der Waals surface area contributed by atoms with Crippen molar-refractivity contribution < 1.29 is 18.4 Å². The van der Waals surface area contributed by atoms with Gasteiger partial charge >= 0.3 is 0 Å². The monoisotopic (exact) mass is 303 g/mol. The van der Waals surface area contributed by atoms with Crippen LogP contribution < -0.4 is 10.7 Å². The predicted molar refractivity (Wildman–Crippen MR) is 77.9 cm³/mol. The average Bonchev–Trinajstić information content (AvgIpc) is 2.91. The van der Waals surface area contributed by atoms with Gasteiger partial charge in [0.15, 0.2) is 0 Å². The van der Waals surface area contributed by atoms with Gasteiger partial charge in [-0.1, -0.05) is 12.1 Å². The second-order valence-electron chi connectivity index (χ2n) is 4.40. The minimum atomic E-state index is -0.668. The fourth-order valence-electron chi connectivity index (χ4n) is 1.63. The summed E-state index contributed by atoms with van der Waals surface area (Å²) in [5.74, 6) is -0.632. The molecule has 0 unspecified atom stereocenters. The molecule has 22 heavy (non-hydrogen) atoms. The van der Waals surface area contributed by atoms with Crippen molar-refractivity contribution >= 4 is 18.0 Å². The highest BCUT2D eigenvalue weighted by Crippen LogP contribution is 2.05. The van der Waals surface area contributed by atoms with Crippen molar-refractivity contribution in [2.75, 3.05) is 6.54 Å². The summed E-state index contributed by atoms with van der Waals surface area (Å²) in [6.07, 6.45) is 1.34. The molecule has 0 bridgehead atoms. The Labute approximate surface area is 126 Å². The Kier molecular flexibility index (Phi) is 5.02. The third-order valence-electron chi connectivity index (χ3n) is 2.67. The van der Waals surface area contributed by atoms with Crippen molar-refractivity contribution in [1.82, 2.24) is 10.7 Å². The maximum atomic E-state index is 13.4. The normalized spacial score (nSPS) is 10.6. The van der Waals surface area contributed by atoms with E-state index in [2.05, 4.69) is 15.8 Å². The highest BCUT2D eigenvalue weighted by molar-refractivity contribution is 5.96. The number of amides is 2. The summed E-state index contributed by atoms with van der Waals surface area (Å²) in [6, 6.07) is 8.98. The largest absolute Gasteiger partial charge is 0.460 e. The van der Waals surface area contributed by atoms with Crippen LogP contribution in [0.2, 0.25) is 0 Å². The molecule has 6 nitrogen and oxygen atoms in total. The van der Waals surface area contributed by atoms with Crippen LogP contribution >= 0.6 is 0 Å². The van der Waals surface area contributed by atoms with Crippen LogP contribution in [0, 0.1) is 12.7 Å². The predicted octanol–water partition coefficient (Wildman–Crippen LogP) is 1.61. The molecule has 2 N–H and O–H groups in total. The molecular weight excluding hydrogens is 289 g/mol. The molecule has 2 amide bonds. The topological polar surface area (TPSA) is 83.7 Å². The molecule has 0 spiro atoms. The summed E-state index contributed by atoms with van der Waals surface area (Å²) in [4.78, 5) is 23.2. The Bertz CT molecular complexity index is 710. The summed E-state index contributed by atoms with van der Waals surface area (Å²) in [5, 5.41) is 5.98. The maximum Gasteiger partial charge on any atom is 0.259 e. The van der Waals surface area contributed by atoms with Gasteiger partial charge in [0.1, 0.15) is 17.3 Å². The van der Waals surface area contributed by atoms with Crippen molar-refractivity contribution in [2.24, 2.45) is 5.10 Å². The van der Waals surface area contributed by atoms with Gasteiger partial charge in [0.25, 0.3) is 11.8 Å². The van der Waals surface area contributed by atoms with Crippen LogP contribution in [0.15, 0.2) is 45.9 Å². The number of halogens is 1. The lowest BCUT2D eigenvalue weighted by molar-refractivity contribution is -0.120. The van der Waals surface area contributed by atoms with E-state index in [4.69, 9.17) is 4.42 Å². The molecule has 0 aliphatic carbocycles. The summed E-state index contributed by atoms with van der Waals surface area (Å²) < 4.78 is 18.6. The second kappa shape index (κ2) is 7.16. The van der Waals surface area contributed by atoms with Crippen LogP contribution in [0.25, 0.3) is 0 Å². The zero-order valence-corrected chi connectivity index (χ0v) is 11.8. The summed E-state index contributed by atoms with van der Waals surface area (Å²) in [7, 11) is 0. The van der Waals surface area contributed by atoms with Gasteiger partial charge < -0.3 is 9.73 Å². The highest BCUT2D eigenvalue weighted by atomic mass is 19.1. The van der Waals surface area contributed by atoms with Crippen molar-refractivity contribution in [2.45, 2.75) is 6.92 Å². The standard InChI is InChI=1S/C15H14FN3O3/c1-10-6-7-11(22-10)8-18-19-14(20)9-17-15(21)12-4-2-3-5-13(12)16/h2-8H,9H2,1H3,(H,17,21)(H,19,20)/b18-8+. The molecule has 0 saturated heterocycles. The average molecular weight is 303 g/mol. The molecule has 1 aromatic carbocycles. The molecule has 7 heteroatoms. The Morgan fingerprint density at radius 2 is 2.05 bits per heavy atom. The van der Waals surface area contributed by atoms with Gasteiger partial charge in [-0.3, -0.25) is 9.59 Å². The van der Waals surface area contributed by atoms with E-state index >= 15 is 0 Å². The van der Waals surface area contributed by atoms with Crippen molar-refractivity contribution in [3.05, 3.63) is 59.3 Å². The van der Waals surface area contributed by atoms with E-state index < -0.39 is 17.6 Å². The Balaban J connectivity index is 1.79. The molecule has 0 aliphatic heterocycles. The first-order valence-electron chi connectivity index (χ1n) is 6.47. The first kappa shape index (κ1) is 15.4. The Morgan fingerprint density at radius 3 is 2.73 bits per heavy atom. The third-order valence-corrected chi connectivity index (χ3v) is 2.67. The molecule has 1 aromatic heterocycles. The van der Waals surface area contributed by atoms with E-state index in [1.54, 1.807) is 19.1 Å². The molecule has 1 heterocycles. The lowest BCUT2D eigenvalue weighted by Gasteiger charge is -2.04. The third kappa shape index (κ3) is 4.27. The van der Waals surface area contributed by atoms with Crippen LogP contribution in [0.1, 0.15) is 21.9 Å². The summed E-state index contributed by atoms with van der Waals surface area (Å²) >= 11 is 0. The highest BCUT2D eigenvalue weighted by Gasteiger charge is 2.11. The van der Waals surface area contributed by atoms with E-state index in [1.165, 1.54) is 30.5 Å². The summed E-state index contributed by atoms with van der Waals surface area (Å²) in [5.41, 5.74) is 2.10. The van der Waals surface area contributed by atoms with E-state index in [0.29, 0.717) is 5.76 Å². The first-order valence-corrected chi connectivity index (χ1v) is 6.47. The summed E-state index contributed by atoms with van der Waals surface area (Å²) in [6.45, 7) is 1.47. The van der Waals surface area contributed by atoms with Crippen LogP contribution in [0.4, 0.5) is 4.39 Å². The molecule has 114 valence electrons. The minimum absolute atomic E-state index is 0.120. The molecule has 0 atom stereocenters. The number of rotatable bonds is 5. The number of furan rings is 1. The fraction of sp³-hybridized carbons (Fsp3) is 0.133.